The van der Waals surface area contributed by atoms with Crippen LogP contribution in [0.2, 0.25) is 0 Å². The number of rotatable bonds is 6. The van der Waals surface area contributed by atoms with Gasteiger partial charge in [-0.3, -0.25) is 0 Å². The van der Waals surface area contributed by atoms with E-state index in [0.717, 1.165) is 31.7 Å². The van der Waals surface area contributed by atoms with Crippen molar-refractivity contribution in [2.75, 3.05) is 13.2 Å². The van der Waals surface area contributed by atoms with Gasteiger partial charge in [-0.05, 0) is 56.3 Å². The fraction of sp³-hybridized carbons (Fsp3) is 0.571. The molecule has 0 radical (unpaired) electrons. The Labute approximate surface area is 98.8 Å². The summed E-state index contributed by atoms with van der Waals surface area (Å²) in [5, 5.41) is 0. The minimum atomic E-state index is 0.604. The topological polar surface area (TPSA) is 35.2 Å². The molecular weight excluding hydrogens is 198 g/mol. The van der Waals surface area contributed by atoms with E-state index in [-0.39, 0.29) is 0 Å². The standard InChI is InChI=1S/C14H23NO/c1-4-16-14-8-7-13(9-12(14)3)6-5-11(2)10-15/h7-9,11H,4-6,10,15H2,1-3H3. The zero-order chi connectivity index (χ0) is 12.0. The van der Waals surface area contributed by atoms with E-state index in [9.17, 15) is 0 Å². The first kappa shape index (κ1) is 13.0. The van der Waals surface area contributed by atoms with Crippen LogP contribution >= 0.6 is 0 Å². The van der Waals surface area contributed by atoms with Crippen LogP contribution in [-0.4, -0.2) is 13.2 Å². The highest BCUT2D eigenvalue weighted by atomic mass is 16.5. The van der Waals surface area contributed by atoms with Crippen LogP contribution in [0.25, 0.3) is 0 Å². The molecule has 1 aromatic rings. The molecule has 0 spiro atoms. The zero-order valence-electron chi connectivity index (χ0n) is 10.6. The van der Waals surface area contributed by atoms with Crippen molar-refractivity contribution in [3.63, 3.8) is 0 Å². The van der Waals surface area contributed by atoms with Crippen molar-refractivity contribution in [1.82, 2.24) is 0 Å². The maximum atomic E-state index is 5.61. The van der Waals surface area contributed by atoms with Crippen LogP contribution in [0.3, 0.4) is 0 Å². The van der Waals surface area contributed by atoms with Gasteiger partial charge in [0.15, 0.2) is 0 Å². The van der Waals surface area contributed by atoms with E-state index >= 15 is 0 Å². The van der Waals surface area contributed by atoms with Crippen molar-refractivity contribution >= 4 is 0 Å². The van der Waals surface area contributed by atoms with Gasteiger partial charge >= 0.3 is 0 Å². The maximum absolute atomic E-state index is 5.61. The van der Waals surface area contributed by atoms with Crippen LogP contribution in [-0.2, 0) is 6.42 Å². The van der Waals surface area contributed by atoms with Crippen molar-refractivity contribution in [2.24, 2.45) is 11.7 Å². The Bertz CT molecular complexity index is 323. The van der Waals surface area contributed by atoms with Gasteiger partial charge in [0.05, 0.1) is 6.61 Å². The number of aryl methyl sites for hydroxylation is 2. The Kier molecular flexibility index (Phi) is 5.33. The Morgan fingerprint density at radius 3 is 2.69 bits per heavy atom. The van der Waals surface area contributed by atoms with Gasteiger partial charge in [0.25, 0.3) is 0 Å². The first-order valence-corrected chi connectivity index (χ1v) is 6.09. The van der Waals surface area contributed by atoms with E-state index in [1.807, 2.05) is 6.92 Å². The van der Waals surface area contributed by atoms with E-state index in [4.69, 9.17) is 10.5 Å². The second-order valence-electron chi connectivity index (χ2n) is 4.41. The number of benzene rings is 1. The number of hydrogen-bond donors (Lipinski definition) is 1. The van der Waals surface area contributed by atoms with Crippen LogP contribution < -0.4 is 10.5 Å². The normalized spacial score (nSPS) is 12.5. The minimum absolute atomic E-state index is 0.604. The van der Waals surface area contributed by atoms with Gasteiger partial charge in [-0.25, -0.2) is 0 Å². The molecule has 0 aliphatic carbocycles. The fourth-order valence-electron chi connectivity index (χ4n) is 1.72. The molecular formula is C14H23NO. The third-order valence-corrected chi connectivity index (χ3v) is 2.87. The minimum Gasteiger partial charge on any atom is -0.494 e. The first-order chi connectivity index (χ1) is 7.67. The van der Waals surface area contributed by atoms with Gasteiger partial charge in [0.2, 0.25) is 0 Å². The summed E-state index contributed by atoms with van der Waals surface area (Å²) >= 11 is 0. The summed E-state index contributed by atoms with van der Waals surface area (Å²) in [6, 6.07) is 6.44. The summed E-state index contributed by atoms with van der Waals surface area (Å²) in [4.78, 5) is 0. The smallest absolute Gasteiger partial charge is 0.122 e. The van der Waals surface area contributed by atoms with Crippen molar-refractivity contribution in [1.29, 1.82) is 0 Å². The van der Waals surface area contributed by atoms with Gasteiger partial charge in [-0.15, -0.1) is 0 Å². The Morgan fingerprint density at radius 1 is 1.38 bits per heavy atom. The predicted molar refractivity (Wildman–Crippen MR) is 68.9 cm³/mol. The average Bonchev–Trinajstić information content (AvgIpc) is 2.29. The number of ether oxygens (including phenoxy) is 1. The predicted octanol–water partition coefficient (Wildman–Crippen LogP) is 2.92. The summed E-state index contributed by atoms with van der Waals surface area (Å²) in [5.41, 5.74) is 8.21. The van der Waals surface area contributed by atoms with Crippen LogP contribution in [0.5, 0.6) is 5.75 Å². The molecule has 1 unspecified atom stereocenters. The number of nitrogens with two attached hydrogens (primary N) is 1. The lowest BCUT2D eigenvalue weighted by molar-refractivity contribution is 0.338. The quantitative estimate of drug-likeness (QED) is 0.801. The average molecular weight is 221 g/mol. The Hall–Kier alpha value is -1.02. The molecule has 1 atom stereocenters. The summed E-state index contributed by atoms with van der Waals surface area (Å²) in [6.45, 7) is 7.80. The lowest BCUT2D eigenvalue weighted by atomic mass is 10.00. The second-order valence-corrected chi connectivity index (χ2v) is 4.41. The fourth-order valence-corrected chi connectivity index (χ4v) is 1.72. The highest BCUT2D eigenvalue weighted by Crippen LogP contribution is 2.20. The van der Waals surface area contributed by atoms with E-state index in [1.54, 1.807) is 0 Å². The molecule has 0 saturated heterocycles. The van der Waals surface area contributed by atoms with Gasteiger partial charge in [-0.2, -0.15) is 0 Å². The molecule has 2 heteroatoms. The van der Waals surface area contributed by atoms with Crippen LogP contribution in [0.4, 0.5) is 0 Å². The van der Waals surface area contributed by atoms with E-state index in [0.29, 0.717) is 5.92 Å². The van der Waals surface area contributed by atoms with Gasteiger partial charge < -0.3 is 10.5 Å². The molecule has 1 aromatic carbocycles. The summed E-state index contributed by atoms with van der Waals surface area (Å²) in [6.07, 6.45) is 2.26. The van der Waals surface area contributed by atoms with Crippen molar-refractivity contribution in [2.45, 2.75) is 33.6 Å². The van der Waals surface area contributed by atoms with Crippen molar-refractivity contribution in [3.8, 4) is 5.75 Å². The summed E-state index contributed by atoms with van der Waals surface area (Å²) in [7, 11) is 0. The molecule has 0 saturated carbocycles. The molecule has 90 valence electrons. The van der Waals surface area contributed by atoms with Crippen LogP contribution in [0.15, 0.2) is 18.2 Å². The number of hydrogen-bond acceptors (Lipinski definition) is 2. The molecule has 0 amide bonds. The third-order valence-electron chi connectivity index (χ3n) is 2.87. The first-order valence-electron chi connectivity index (χ1n) is 6.09. The molecule has 0 aromatic heterocycles. The highest BCUT2D eigenvalue weighted by molar-refractivity contribution is 5.36. The van der Waals surface area contributed by atoms with Gasteiger partial charge in [0, 0.05) is 0 Å². The molecule has 0 fully saturated rings. The van der Waals surface area contributed by atoms with Crippen molar-refractivity contribution in [3.05, 3.63) is 29.3 Å². The second kappa shape index (κ2) is 6.54. The maximum Gasteiger partial charge on any atom is 0.122 e. The molecule has 1 rings (SSSR count). The molecule has 2 N–H and O–H groups in total. The van der Waals surface area contributed by atoms with Gasteiger partial charge in [-0.1, -0.05) is 19.1 Å². The Morgan fingerprint density at radius 2 is 2.12 bits per heavy atom. The van der Waals surface area contributed by atoms with Gasteiger partial charge in [0.1, 0.15) is 5.75 Å². The summed E-state index contributed by atoms with van der Waals surface area (Å²) < 4.78 is 5.52. The lowest BCUT2D eigenvalue weighted by Crippen LogP contribution is -2.11. The van der Waals surface area contributed by atoms with E-state index in [1.165, 1.54) is 11.1 Å². The monoisotopic (exact) mass is 221 g/mol. The highest BCUT2D eigenvalue weighted by Gasteiger charge is 2.03. The van der Waals surface area contributed by atoms with E-state index < -0.39 is 0 Å². The zero-order valence-corrected chi connectivity index (χ0v) is 10.6. The third kappa shape index (κ3) is 3.86. The molecule has 2 nitrogen and oxygen atoms in total. The molecule has 0 heterocycles. The Balaban J connectivity index is 2.59. The molecule has 16 heavy (non-hydrogen) atoms. The SMILES string of the molecule is CCOc1ccc(CCC(C)CN)cc1C. The van der Waals surface area contributed by atoms with Crippen LogP contribution in [0.1, 0.15) is 31.4 Å². The lowest BCUT2D eigenvalue weighted by Gasteiger charge is -2.11. The van der Waals surface area contributed by atoms with E-state index in [2.05, 4.69) is 32.0 Å². The van der Waals surface area contributed by atoms with Crippen LogP contribution in [0, 0.1) is 12.8 Å². The molecule has 0 bridgehead atoms. The molecule has 0 aliphatic rings. The largest absolute Gasteiger partial charge is 0.494 e. The van der Waals surface area contributed by atoms with Crippen molar-refractivity contribution < 1.29 is 4.74 Å². The summed E-state index contributed by atoms with van der Waals surface area (Å²) in [5.74, 6) is 1.60. The molecule has 0 aliphatic heterocycles.